The van der Waals surface area contributed by atoms with Crippen LogP contribution in [0.15, 0.2) is 11.6 Å². The summed E-state index contributed by atoms with van der Waals surface area (Å²) in [5.41, 5.74) is 0. The first-order valence-corrected chi connectivity index (χ1v) is 7.60. The Bertz CT molecular complexity index is 433. The minimum Gasteiger partial charge on any atom is -0.331 e. The number of hydrogen-bond acceptors (Lipinski definition) is 4. The number of anilines is 1. The Morgan fingerprint density at radius 2 is 2.37 bits per heavy atom. The molecule has 19 heavy (non-hydrogen) atoms. The van der Waals surface area contributed by atoms with Crippen molar-refractivity contribution in [1.29, 1.82) is 0 Å². The first kappa shape index (κ1) is 14.0. The number of thiazole rings is 1. The Kier molecular flexibility index (Phi) is 4.90. The zero-order valence-electron chi connectivity index (χ0n) is 11.1. The van der Waals surface area contributed by atoms with Gasteiger partial charge in [0, 0.05) is 24.5 Å². The first-order chi connectivity index (χ1) is 9.22. The molecule has 1 aliphatic rings. The lowest BCUT2D eigenvalue weighted by Gasteiger charge is -2.34. The lowest BCUT2D eigenvalue weighted by Crippen LogP contribution is -2.49. The highest BCUT2D eigenvalue weighted by Crippen LogP contribution is 2.20. The van der Waals surface area contributed by atoms with Crippen molar-refractivity contribution in [3.8, 4) is 0 Å². The number of nitrogens with zero attached hydrogens (tertiary/aromatic N) is 2. The molecule has 2 heterocycles. The summed E-state index contributed by atoms with van der Waals surface area (Å²) in [5, 5.41) is 5.20. The summed E-state index contributed by atoms with van der Waals surface area (Å²) in [6.45, 7) is 2.67. The van der Waals surface area contributed by atoms with Gasteiger partial charge in [0.2, 0.25) is 11.8 Å². The molecule has 0 bridgehead atoms. The molecule has 1 unspecified atom stereocenters. The van der Waals surface area contributed by atoms with Crippen molar-refractivity contribution in [3.63, 3.8) is 0 Å². The van der Waals surface area contributed by atoms with Crippen LogP contribution in [-0.2, 0) is 9.59 Å². The molecule has 1 N–H and O–H groups in total. The molecule has 0 aliphatic carbocycles. The summed E-state index contributed by atoms with van der Waals surface area (Å²) < 4.78 is 0. The van der Waals surface area contributed by atoms with Gasteiger partial charge in [-0.1, -0.05) is 6.92 Å². The number of aromatic nitrogens is 1. The SMILES string of the molecule is CCCC(=O)N1CCCCC1C(=O)Nc1nccs1. The summed E-state index contributed by atoms with van der Waals surface area (Å²) in [6, 6.07) is -0.336. The van der Waals surface area contributed by atoms with Crippen LogP contribution in [0.1, 0.15) is 39.0 Å². The Morgan fingerprint density at radius 3 is 3.05 bits per heavy atom. The quantitative estimate of drug-likeness (QED) is 0.921. The van der Waals surface area contributed by atoms with Crippen LogP contribution in [0.2, 0.25) is 0 Å². The molecule has 1 saturated heterocycles. The lowest BCUT2D eigenvalue weighted by atomic mass is 10.0. The van der Waals surface area contributed by atoms with Gasteiger partial charge in [0.1, 0.15) is 6.04 Å². The highest BCUT2D eigenvalue weighted by atomic mass is 32.1. The van der Waals surface area contributed by atoms with Gasteiger partial charge in [-0.15, -0.1) is 11.3 Å². The molecule has 104 valence electrons. The molecule has 1 aromatic heterocycles. The van der Waals surface area contributed by atoms with Crippen LogP contribution < -0.4 is 5.32 Å². The second kappa shape index (κ2) is 6.65. The highest BCUT2D eigenvalue weighted by molar-refractivity contribution is 7.13. The van der Waals surface area contributed by atoms with E-state index in [9.17, 15) is 9.59 Å². The van der Waals surface area contributed by atoms with Gasteiger partial charge < -0.3 is 10.2 Å². The number of likely N-dealkylation sites (tertiary alicyclic amines) is 1. The van der Waals surface area contributed by atoms with E-state index in [1.807, 2.05) is 12.3 Å². The van der Waals surface area contributed by atoms with Gasteiger partial charge in [-0.3, -0.25) is 9.59 Å². The fourth-order valence-corrected chi connectivity index (χ4v) is 2.87. The maximum absolute atomic E-state index is 12.2. The van der Waals surface area contributed by atoms with E-state index in [-0.39, 0.29) is 17.9 Å². The third-order valence-electron chi connectivity index (χ3n) is 3.25. The predicted molar refractivity (Wildman–Crippen MR) is 75.0 cm³/mol. The van der Waals surface area contributed by atoms with E-state index in [1.165, 1.54) is 11.3 Å². The van der Waals surface area contributed by atoms with Gasteiger partial charge >= 0.3 is 0 Å². The second-order valence-corrected chi connectivity index (χ2v) is 5.57. The van der Waals surface area contributed by atoms with Crippen LogP contribution in [-0.4, -0.2) is 34.3 Å². The van der Waals surface area contributed by atoms with Gasteiger partial charge in [0.05, 0.1) is 0 Å². The Hall–Kier alpha value is -1.43. The normalized spacial score (nSPS) is 19.2. The molecule has 0 radical (unpaired) electrons. The van der Waals surface area contributed by atoms with E-state index >= 15 is 0 Å². The average Bonchev–Trinajstić information content (AvgIpc) is 2.92. The maximum atomic E-state index is 12.2. The molecule has 2 rings (SSSR count). The van der Waals surface area contributed by atoms with Crippen molar-refractivity contribution in [1.82, 2.24) is 9.88 Å². The van der Waals surface area contributed by atoms with Gasteiger partial charge in [-0.2, -0.15) is 0 Å². The van der Waals surface area contributed by atoms with Crippen LogP contribution in [0.3, 0.4) is 0 Å². The number of amides is 2. The molecule has 1 aliphatic heterocycles. The van der Waals surface area contributed by atoms with Crippen molar-refractivity contribution < 1.29 is 9.59 Å². The summed E-state index contributed by atoms with van der Waals surface area (Å²) in [7, 11) is 0. The van der Waals surface area contributed by atoms with E-state index in [1.54, 1.807) is 11.1 Å². The molecule has 1 aromatic rings. The summed E-state index contributed by atoms with van der Waals surface area (Å²) >= 11 is 1.39. The number of piperidine rings is 1. The summed E-state index contributed by atoms with van der Waals surface area (Å²) in [5.74, 6) is -0.0272. The Balaban J connectivity index is 2.02. The van der Waals surface area contributed by atoms with Crippen molar-refractivity contribution >= 4 is 28.3 Å². The standard InChI is InChI=1S/C13H19N3O2S/c1-2-5-11(17)16-8-4-3-6-10(16)12(18)15-13-14-7-9-19-13/h7,9-10H,2-6,8H2,1H3,(H,14,15,18). The van der Waals surface area contributed by atoms with Crippen LogP contribution >= 0.6 is 11.3 Å². The molecule has 0 aromatic carbocycles. The fraction of sp³-hybridized carbons (Fsp3) is 0.615. The molecule has 5 nitrogen and oxygen atoms in total. The first-order valence-electron chi connectivity index (χ1n) is 6.72. The van der Waals surface area contributed by atoms with E-state index in [2.05, 4.69) is 10.3 Å². The van der Waals surface area contributed by atoms with Crippen LogP contribution in [0, 0.1) is 0 Å². The predicted octanol–water partition coefficient (Wildman–Crippen LogP) is 2.26. The van der Waals surface area contributed by atoms with E-state index in [0.717, 1.165) is 25.7 Å². The molecular weight excluding hydrogens is 262 g/mol. The average molecular weight is 281 g/mol. The molecule has 1 fully saturated rings. The molecular formula is C13H19N3O2S. The van der Waals surface area contributed by atoms with Gasteiger partial charge in [-0.05, 0) is 25.7 Å². The van der Waals surface area contributed by atoms with E-state index < -0.39 is 0 Å². The number of carbonyl (C=O) groups excluding carboxylic acids is 2. The van der Waals surface area contributed by atoms with E-state index in [4.69, 9.17) is 0 Å². The van der Waals surface area contributed by atoms with Gasteiger partial charge in [-0.25, -0.2) is 4.98 Å². The molecule has 0 spiro atoms. The molecule has 6 heteroatoms. The Morgan fingerprint density at radius 1 is 1.53 bits per heavy atom. The van der Waals surface area contributed by atoms with E-state index in [0.29, 0.717) is 18.1 Å². The number of carbonyl (C=O) groups is 2. The topological polar surface area (TPSA) is 62.3 Å². The lowest BCUT2D eigenvalue weighted by molar-refractivity contribution is -0.140. The molecule has 0 saturated carbocycles. The molecule has 1 atom stereocenters. The van der Waals surface area contributed by atoms with Crippen LogP contribution in [0.4, 0.5) is 5.13 Å². The summed E-state index contributed by atoms with van der Waals surface area (Å²) in [4.78, 5) is 30.1. The van der Waals surface area contributed by atoms with Crippen LogP contribution in [0.5, 0.6) is 0 Å². The third-order valence-corrected chi connectivity index (χ3v) is 3.94. The minimum atomic E-state index is -0.336. The van der Waals surface area contributed by atoms with Crippen LogP contribution in [0.25, 0.3) is 0 Å². The number of nitrogens with one attached hydrogen (secondary N) is 1. The minimum absolute atomic E-state index is 0.0847. The number of rotatable bonds is 4. The fourth-order valence-electron chi connectivity index (χ4n) is 2.33. The smallest absolute Gasteiger partial charge is 0.248 e. The van der Waals surface area contributed by atoms with Crippen molar-refractivity contribution in [2.24, 2.45) is 0 Å². The van der Waals surface area contributed by atoms with Gasteiger partial charge in [0.15, 0.2) is 5.13 Å². The third kappa shape index (κ3) is 3.53. The van der Waals surface area contributed by atoms with Crippen molar-refractivity contribution in [3.05, 3.63) is 11.6 Å². The second-order valence-electron chi connectivity index (χ2n) is 4.68. The largest absolute Gasteiger partial charge is 0.331 e. The summed E-state index contributed by atoms with van der Waals surface area (Å²) in [6.07, 6.45) is 5.70. The Labute approximate surface area is 117 Å². The van der Waals surface area contributed by atoms with Gasteiger partial charge in [0.25, 0.3) is 0 Å². The van der Waals surface area contributed by atoms with Crippen molar-refractivity contribution in [2.45, 2.75) is 45.1 Å². The van der Waals surface area contributed by atoms with Crippen molar-refractivity contribution in [2.75, 3.05) is 11.9 Å². The maximum Gasteiger partial charge on any atom is 0.248 e. The monoisotopic (exact) mass is 281 g/mol. The molecule has 2 amide bonds. The zero-order chi connectivity index (χ0) is 13.7. The number of hydrogen-bond donors (Lipinski definition) is 1. The highest BCUT2D eigenvalue weighted by Gasteiger charge is 2.31. The zero-order valence-corrected chi connectivity index (χ0v) is 11.9.